The monoisotopic (exact) mass is 280 g/mol. The van der Waals surface area contributed by atoms with E-state index in [9.17, 15) is 15.0 Å². The summed E-state index contributed by atoms with van der Waals surface area (Å²) in [6, 6.07) is 16.6. The Labute approximate surface area is 120 Å². The second kappa shape index (κ2) is 5.17. The first-order valence-electron chi connectivity index (χ1n) is 6.37. The molecule has 3 rings (SSSR count). The number of fused-ring (bicyclic) bond motifs is 1. The summed E-state index contributed by atoms with van der Waals surface area (Å²) in [5.41, 5.74) is -0.0806. The highest BCUT2D eigenvalue weighted by atomic mass is 16.5. The van der Waals surface area contributed by atoms with Crippen LogP contribution >= 0.6 is 0 Å². The van der Waals surface area contributed by atoms with Gasteiger partial charge in [-0.15, -0.1) is 0 Å². The van der Waals surface area contributed by atoms with Crippen molar-refractivity contribution in [2.75, 3.05) is 0 Å². The van der Waals surface area contributed by atoms with E-state index >= 15 is 0 Å². The third-order valence-corrected chi connectivity index (χ3v) is 3.15. The lowest BCUT2D eigenvalue weighted by Gasteiger charge is -2.09. The first kappa shape index (κ1) is 13.0. The van der Waals surface area contributed by atoms with Crippen molar-refractivity contribution < 1.29 is 19.7 Å². The van der Waals surface area contributed by atoms with Crippen LogP contribution in [0.3, 0.4) is 0 Å². The van der Waals surface area contributed by atoms with Gasteiger partial charge in [-0.2, -0.15) is 0 Å². The highest BCUT2D eigenvalue weighted by molar-refractivity contribution is 5.97. The molecule has 0 saturated carbocycles. The largest absolute Gasteiger partial charge is 0.508 e. The molecule has 0 aliphatic rings. The van der Waals surface area contributed by atoms with Crippen molar-refractivity contribution in [1.82, 2.24) is 0 Å². The van der Waals surface area contributed by atoms with Crippen molar-refractivity contribution >= 4 is 16.7 Å². The summed E-state index contributed by atoms with van der Waals surface area (Å²) < 4.78 is 5.34. The molecule has 3 aromatic rings. The second-order valence-corrected chi connectivity index (χ2v) is 4.57. The molecule has 0 saturated heterocycles. The smallest absolute Gasteiger partial charge is 0.347 e. The van der Waals surface area contributed by atoms with Gasteiger partial charge in [0.1, 0.15) is 22.8 Å². The fourth-order valence-electron chi connectivity index (χ4n) is 2.13. The van der Waals surface area contributed by atoms with E-state index in [1.165, 1.54) is 18.2 Å². The Morgan fingerprint density at radius 1 is 0.905 bits per heavy atom. The minimum Gasteiger partial charge on any atom is -0.508 e. The lowest BCUT2D eigenvalue weighted by atomic mass is 10.1. The molecule has 0 radical (unpaired) electrons. The van der Waals surface area contributed by atoms with Crippen molar-refractivity contribution in [3.05, 3.63) is 66.2 Å². The molecule has 21 heavy (non-hydrogen) atoms. The van der Waals surface area contributed by atoms with Crippen molar-refractivity contribution in [3.8, 4) is 17.2 Å². The number of hydrogen-bond acceptors (Lipinski definition) is 4. The average Bonchev–Trinajstić information content (AvgIpc) is 2.50. The second-order valence-electron chi connectivity index (χ2n) is 4.57. The molecule has 0 bridgehead atoms. The van der Waals surface area contributed by atoms with E-state index in [1.807, 2.05) is 30.3 Å². The van der Waals surface area contributed by atoms with Crippen LogP contribution in [0, 0.1) is 0 Å². The zero-order chi connectivity index (χ0) is 14.8. The summed E-state index contributed by atoms with van der Waals surface area (Å²) in [6.07, 6.45) is 0. The van der Waals surface area contributed by atoms with Gasteiger partial charge in [0.15, 0.2) is 0 Å². The predicted molar refractivity (Wildman–Crippen MR) is 78.7 cm³/mol. The van der Waals surface area contributed by atoms with Crippen LogP contribution in [0.4, 0.5) is 0 Å². The summed E-state index contributed by atoms with van der Waals surface area (Å²) in [5.74, 6) is -0.670. The van der Waals surface area contributed by atoms with Crippen molar-refractivity contribution in [1.29, 1.82) is 0 Å². The Morgan fingerprint density at radius 2 is 1.67 bits per heavy atom. The summed E-state index contributed by atoms with van der Waals surface area (Å²) in [4.78, 5) is 12.1. The maximum Gasteiger partial charge on any atom is 0.347 e. The highest BCUT2D eigenvalue weighted by Gasteiger charge is 2.15. The van der Waals surface area contributed by atoms with Crippen LogP contribution in [0.25, 0.3) is 10.8 Å². The molecule has 3 aromatic carbocycles. The van der Waals surface area contributed by atoms with Gasteiger partial charge in [0.25, 0.3) is 0 Å². The minimum atomic E-state index is -0.722. The fourth-order valence-corrected chi connectivity index (χ4v) is 2.13. The van der Waals surface area contributed by atoms with Crippen LogP contribution in [-0.2, 0) is 0 Å². The number of rotatable bonds is 2. The van der Waals surface area contributed by atoms with Gasteiger partial charge in [0.2, 0.25) is 0 Å². The van der Waals surface area contributed by atoms with E-state index in [4.69, 9.17) is 4.74 Å². The van der Waals surface area contributed by atoms with E-state index in [-0.39, 0.29) is 17.1 Å². The topological polar surface area (TPSA) is 66.8 Å². The summed E-state index contributed by atoms with van der Waals surface area (Å²) in [6.45, 7) is 0. The molecule has 0 aliphatic heterocycles. The van der Waals surface area contributed by atoms with E-state index in [1.54, 1.807) is 12.1 Å². The molecule has 0 heterocycles. The molecule has 0 unspecified atom stereocenters. The average molecular weight is 280 g/mol. The summed E-state index contributed by atoms with van der Waals surface area (Å²) in [5, 5.41) is 20.8. The first-order chi connectivity index (χ1) is 10.1. The normalized spacial score (nSPS) is 10.5. The van der Waals surface area contributed by atoms with Crippen LogP contribution < -0.4 is 4.74 Å². The lowest BCUT2D eigenvalue weighted by molar-refractivity contribution is 0.0733. The van der Waals surface area contributed by atoms with Crippen LogP contribution in [0.15, 0.2) is 60.7 Å². The molecule has 4 heteroatoms. The molecular formula is C17H12O4. The summed E-state index contributed by atoms with van der Waals surface area (Å²) >= 11 is 0. The quantitative estimate of drug-likeness (QED) is 0.428. The number of phenolic OH excluding ortho intramolecular Hbond substituents is 2. The third-order valence-electron chi connectivity index (χ3n) is 3.15. The number of benzene rings is 3. The molecule has 0 spiro atoms. The number of ether oxygens (including phenoxy) is 1. The number of carbonyl (C=O) groups excluding carboxylic acids is 1. The fraction of sp³-hybridized carbons (Fsp3) is 0. The van der Waals surface area contributed by atoms with Crippen LogP contribution in [0.2, 0.25) is 0 Å². The highest BCUT2D eigenvalue weighted by Crippen LogP contribution is 2.28. The van der Waals surface area contributed by atoms with Crippen molar-refractivity contribution in [3.63, 3.8) is 0 Å². The van der Waals surface area contributed by atoms with Gasteiger partial charge in [0, 0.05) is 5.39 Å². The van der Waals surface area contributed by atoms with Gasteiger partial charge in [-0.3, -0.25) is 0 Å². The predicted octanol–water partition coefficient (Wildman–Crippen LogP) is 3.47. The molecule has 0 aromatic heterocycles. The molecule has 0 atom stereocenters. The Hall–Kier alpha value is -3.01. The third kappa shape index (κ3) is 2.51. The molecule has 4 nitrogen and oxygen atoms in total. The van der Waals surface area contributed by atoms with Crippen LogP contribution in [-0.4, -0.2) is 16.2 Å². The Balaban J connectivity index is 1.99. The van der Waals surface area contributed by atoms with Crippen molar-refractivity contribution in [2.45, 2.75) is 0 Å². The Morgan fingerprint density at radius 3 is 2.52 bits per heavy atom. The number of esters is 1. The lowest BCUT2D eigenvalue weighted by Crippen LogP contribution is -2.08. The molecule has 0 aliphatic carbocycles. The SMILES string of the molecule is O=C(Oc1cccc2ccccc12)c1cc(O)ccc1O. The molecule has 104 valence electrons. The minimum absolute atomic E-state index is 0.0806. The van der Waals surface area contributed by atoms with Crippen LogP contribution in [0.1, 0.15) is 10.4 Å². The van der Waals surface area contributed by atoms with Gasteiger partial charge < -0.3 is 14.9 Å². The number of aromatic hydroxyl groups is 2. The van der Waals surface area contributed by atoms with Crippen molar-refractivity contribution in [2.24, 2.45) is 0 Å². The number of phenols is 2. The maximum absolute atomic E-state index is 12.1. The number of hydrogen-bond donors (Lipinski definition) is 2. The van der Waals surface area contributed by atoms with Gasteiger partial charge in [-0.1, -0.05) is 36.4 Å². The van der Waals surface area contributed by atoms with E-state index in [0.717, 1.165) is 10.8 Å². The standard InChI is InChI=1S/C17H12O4/c18-12-8-9-15(19)14(10-12)17(20)21-16-7-3-5-11-4-1-2-6-13(11)16/h1-10,18-19H. The molecule has 2 N–H and O–H groups in total. The van der Waals surface area contributed by atoms with Gasteiger partial charge in [-0.25, -0.2) is 4.79 Å². The molecule has 0 amide bonds. The zero-order valence-electron chi connectivity index (χ0n) is 11.0. The van der Waals surface area contributed by atoms with E-state index in [2.05, 4.69) is 0 Å². The number of carbonyl (C=O) groups is 1. The summed E-state index contributed by atoms with van der Waals surface area (Å²) in [7, 11) is 0. The Kier molecular flexibility index (Phi) is 3.20. The van der Waals surface area contributed by atoms with Gasteiger partial charge in [-0.05, 0) is 29.7 Å². The van der Waals surface area contributed by atoms with Crippen LogP contribution in [0.5, 0.6) is 17.2 Å². The van der Waals surface area contributed by atoms with E-state index in [0.29, 0.717) is 5.75 Å². The van der Waals surface area contributed by atoms with Gasteiger partial charge >= 0.3 is 5.97 Å². The van der Waals surface area contributed by atoms with Gasteiger partial charge in [0.05, 0.1) is 0 Å². The molecule has 0 fully saturated rings. The first-order valence-corrected chi connectivity index (χ1v) is 6.37. The Bertz CT molecular complexity index is 819. The maximum atomic E-state index is 12.1. The zero-order valence-corrected chi connectivity index (χ0v) is 11.0. The van der Waals surface area contributed by atoms with E-state index < -0.39 is 5.97 Å². The molecular weight excluding hydrogens is 268 g/mol.